The predicted molar refractivity (Wildman–Crippen MR) is 95.2 cm³/mol. The molecule has 1 aliphatic heterocycles. The van der Waals surface area contributed by atoms with E-state index in [9.17, 15) is 9.59 Å². The number of nitrogens with one attached hydrogen (secondary N) is 2. The lowest BCUT2D eigenvalue weighted by molar-refractivity contribution is -0.123. The number of carbonyl (C=O) groups is 2. The minimum atomic E-state index is -0.106. The Balaban J connectivity index is 1.42. The van der Waals surface area contributed by atoms with Crippen molar-refractivity contribution in [2.75, 3.05) is 43.4 Å². The van der Waals surface area contributed by atoms with Crippen LogP contribution >= 0.6 is 0 Å². The Hall–Kier alpha value is -2.08. The van der Waals surface area contributed by atoms with E-state index in [4.69, 9.17) is 0 Å². The van der Waals surface area contributed by atoms with Crippen LogP contribution in [0.1, 0.15) is 25.7 Å². The van der Waals surface area contributed by atoms with Crippen molar-refractivity contribution >= 4 is 23.2 Å². The normalized spacial score (nSPS) is 17.2. The van der Waals surface area contributed by atoms with Crippen LogP contribution in [-0.4, -0.2) is 56.0 Å². The molecular weight excluding hydrogens is 304 g/mol. The maximum Gasteiger partial charge on any atom is 0.238 e. The molecule has 1 saturated carbocycles. The summed E-state index contributed by atoms with van der Waals surface area (Å²) in [7, 11) is 1.78. The number of nitrogens with zero attached hydrogens (tertiary/aromatic N) is 2. The maximum atomic E-state index is 12.1. The highest BCUT2D eigenvalue weighted by molar-refractivity contribution is 5.92. The van der Waals surface area contributed by atoms with Crippen LogP contribution in [0.4, 0.5) is 11.4 Å². The van der Waals surface area contributed by atoms with E-state index in [0.29, 0.717) is 6.04 Å². The number of hydrogen-bond acceptors (Lipinski definition) is 4. The second kappa shape index (κ2) is 7.66. The highest BCUT2D eigenvalue weighted by Gasteiger charge is 2.23. The highest BCUT2D eigenvalue weighted by Crippen LogP contribution is 2.22. The summed E-state index contributed by atoms with van der Waals surface area (Å²) in [6.45, 7) is 2.67. The largest absolute Gasteiger partial charge is 0.372 e. The number of rotatable bonds is 7. The lowest BCUT2D eigenvalue weighted by Crippen LogP contribution is -2.39. The summed E-state index contributed by atoms with van der Waals surface area (Å²) in [5.41, 5.74) is 2.00. The van der Waals surface area contributed by atoms with Gasteiger partial charge in [0.15, 0.2) is 0 Å². The van der Waals surface area contributed by atoms with Gasteiger partial charge in [0.25, 0.3) is 0 Å². The third-order valence-electron chi connectivity index (χ3n) is 4.39. The van der Waals surface area contributed by atoms with E-state index in [0.717, 1.165) is 31.6 Å². The second-order valence-corrected chi connectivity index (χ2v) is 6.80. The van der Waals surface area contributed by atoms with Crippen LogP contribution in [0.5, 0.6) is 0 Å². The van der Waals surface area contributed by atoms with Gasteiger partial charge in [-0.15, -0.1) is 0 Å². The number of likely N-dealkylation sites (N-methyl/N-ethyl adjacent to an activating group) is 1. The number of anilines is 2. The van der Waals surface area contributed by atoms with Crippen LogP contribution in [-0.2, 0) is 9.59 Å². The SMILES string of the molecule is CN(CC(=O)Nc1ccc(N2CCCC2)cc1)CC(=O)NC1CC1. The molecule has 2 aliphatic rings. The maximum absolute atomic E-state index is 12.1. The van der Waals surface area contributed by atoms with Crippen molar-refractivity contribution in [2.24, 2.45) is 0 Å². The average molecular weight is 330 g/mol. The highest BCUT2D eigenvalue weighted by atomic mass is 16.2. The molecule has 1 aliphatic carbocycles. The zero-order valence-corrected chi connectivity index (χ0v) is 14.3. The van der Waals surface area contributed by atoms with E-state index in [1.807, 2.05) is 24.3 Å². The predicted octanol–water partition coefficient (Wildman–Crippen LogP) is 1.44. The zero-order valence-electron chi connectivity index (χ0n) is 14.3. The molecule has 0 spiro atoms. The van der Waals surface area contributed by atoms with Crippen molar-refractivity contribution < 1.29 is 9.59 Å². The van der Waals surface area contributed by atoms with Gasteiger partial charge in [0.05, 0.1) is 13.1 Å². The number of benzene rings is 1. The van der Waals surface area contributed by atoms with Gasteiger partial charge in [-0.2, -0.15) is 0 Å². The topological polar surface area (TPSA) is 64.7 Å². The standard InChI is InChI=1S/C18H26N4O2/c1-21(12-17(23)19-14-4-5-14)13-18(24)20-15-6-8-16(9-7-15)22-10-2-3-11-22/h6-9,14H,2-5,10-13H2,1H3,(H,19,23)(H,20,24). The van der Waals surface area contributed by atoms with Gasteiger partial charge in [-0.25, -0.2) is 0 Å². The molecule has 1 saturated heterocycles. The van der Waals surface area contributed by atoms with Crippen molar-refractivity contribution in [3.63, 3.8) is 0 Å². The molecule has 2 amide bonds. The fourth-order valence-electron chi connectivity index (χ4n) is 2.98. The fraction of sp³-hybridized carbons (Fsp3) is 0.556. The van der Waals surface area contributed by atoms with Crippen LogP contribution in [0.3, 0.4) is 0 Å². The summed E-state index contributed by atoms with van der Waals surface area (Å²) in [4.78, 5) is 27.9. The Morgan fingerprint density at radius 1 is 1.08 bits per heavy atom. The molecule has 0 radical (unpaired) electrons. The fourth-order valence-corrected chi connectivity index (χ4v) is 2.98. The van der Waals surface area contributed by atoms with Gasteiger partial charge < -0.3 is 15.5 Å². The molecule has 24 heavy (non-hydrogen) atoms. The molecule has 130 valence electrons. The lowest BCUT2D eigenvalue weighted by Gasteiger charge is -2.18. The Bertz CT molecular complexity index is 577. The van der Waals surface area contributed by atoms with Crippen LogP contribution in [0.25, 0.3) is 0 Å². The quantitative estimate of drug-likeness (QED) is 0.794. The monoisotopic (exact) mass is 330 g/mol. The van der Waals surface area contributed by atoms with E-state index in [2.05, 4.69) is 15.5 Å². The molecular formula is C18H26N4O2. The van der Waals surface area contributed by atoms with Gasteiger partial charge in [-0.3, -0.25) is 14.5 Å². The molecule has 2 fully saturated rings. The number of carbonyl (C=O) groups excluding carboxylic acids is 2. The third kappa shape index (κ3) is 4.96. The molecule has 6 heteroatoms. The minimum absolute atomic E-state index is 0.0113. The van der Waals surface area contributed by atoms with Crippen LogP contribution in [0.2, 0.25) is 0 Å². The molecule has 0 aromatic heterocycles. The van der Waals surface area contributed by atoms with Gasteiger partial charge in [-0.05, 0) is 57.0 Å². The molecule has 1 aromatic carbocycles. The van der Waals surface area contributed by atoms with Crippen LogP contribution in [0, 0.1) is 0 Å². The molecule has 0 bridgehead atoms. The first-order valence-corrected chi connectivity index (χ1v) is 8.73. The first-order chi connectivity index (χ1) is 11.6. The Morgan fingerprint density at radius 3 is 2.33 bits per heavy atom. The summed E-state index contributed by atoms with van der Waals surface area (Å²) in [6.07, 6.45) is 4.64. The third-order valence-corrected chi connectivity index (χ3v) is 4.39. The summed E-state index contributed by atoms with van der Waals surface area (Å²) in [6, 6.07) is 8.33. The minimum Gasteiger partial charge on any atom is -0.372 e. The van der Waals surface area contributed by atoms with E-state index < -0.39 is 0 Å². The van der Waals surface area contributed by atoms with Crippen molar-refractivity contribution in [3.8, 4) is 0 Å². The smallest absolute Gasteiger partial charge is 0.238 e. The number of amides is 2. The van der Waals surface area contributed by atoms with Gasteiger partial charge >= 0.3 is 0 Å². The summed E-state index contributed by atoms with van der Waals surface area (Å²) in [5, 5.41) is 5.81. The van der Waals surface area contributed by atoms with Gasteiger partial charge in [0.1, 0.15) is 0 Å². The Morgan fingerprint density at radius 2 is 1.71 bits per heavy atom. The van der Waals surface area contributed by atoms with E-state index in [1.165, 1.54) is 18.5 Å². The first kappa shape index (κ1) is 16.8. The second-order valence-electron chi connectivity index (χ2n) is 6.80. The lowest BCUT2D eigenvalue weighted by atomic mass is 10.2. The molecule has 1 aromatic rings. The van der Waals surface area contributed by atoms with E-state index in [1.54, 1.807) is 11.9 Å². The molecule has 0 atom stereocenters. The molecule has 3 rings (SSSR count). The van der Waals surface area contributed by atoms with Crippen molar-refractivity contribution in [1.29, 1.82) is 0 Å². The van der Waals surface area contributed by atoms with Crippen molar-refractivity contribution in [2.45, 2.75) is 31.7 Å². The first-order valence-electron chi connectivity index (χ1n) is 8.73. The zero-order chi connectivity index (χ0) is 16.9. The summed E-state index contributed by atoms with van der Waals surface area (Å²) < 4.78 is 0. The Kier molecular flexibility index (Phi) is 5.35. The van der Waals surface area contributed by atoms with Crippen molar-refractivity contribution in [1.82, 2.24) is 10.2 Å². The molecule has 2 N–H and O–H groups in total. The molecule has 1 heterocycles. The van der Waals surface area contributed by atoms with Gasteiger partial charge in [0.2, 0.25) is 11.8 Å². The molecule has 0 unspecified atom stereocenters. The summed E-state index contributed by atoms with van der Waals surface area (Å²) in [5.74, 6) is -0.117. The summed E-state index contributed by atoms with van der Waals surface area (Å²) >= 11 is 0. The number of hydrogen-bond donors (Lipinski definition) is 2. The van der Waals surface area contributed by atoms with Crippen LogP contribution in [0.15, 0.2) is 24.3 Å². The van der Waals surface area contributed by atoms with Gasteiger partial charge in [-0.1, -0.05) is 0 Å². The van der Waals surface area contributed by atoms with Gasteiger partial charge in [0, 0.05) is 30.5 Å². The van der Waals surface area contributed by atoms with E-state index in [-0.39, 0.29) is 24.9 Å². The molecule has 6 nitrogen and oxygen atoms in total. The van der Waals surface area contributed by atoms with Crippen LogP contribution < -0.4 is 15.5 Å². The Labute approximate surface area is 143 Å². The average Bonchev–Trinajstić information content (AvgIpc) is 3.17. The van der Waals surface area contributed by atoms with E-state index >= 15 is 0 Å². The van der Waals surface area contributed by atoms with Crippen molar-refractivity contribution in [3.05, 3.63) is 24.3 Å².